The molecule has 7 heteroatoms. The highest BCUT2D eigenvalue weighted by atomic mass is 16.3. The van der Waals surface area contributed by atoms with Crippen molar-refractivity contribution >= 4 is 5.78 Å². The number of H-pyrrole nitrogens is 1. The smallest absolute Gasteiger partial charge is 0.274 e. The van der Waals surface area contributed by atoms with E-state index >= 15 is 0 Å². The highest BCUT2D eigenvalue weighted by Gasteiger charge is 2.47. The Labute approximate surface area is 134 Å². The lowest BCUT2D eigenvalue weighted by Gasteiger charge is -2.40. The maximum atomic E-state index is 12.0. The highest BCUT2D eigenvalue weighted by molar-refractivity contribution is 5.26. The summed E-state index contributed by atoms with van der Waals surface area (Å²) in [4.78, 5) is 22.9. The maximum Gasteiger partial charge on any atom is 0.274 e. The largest absolute Gasteiger partial charge is 0.390 e. The number of rotatable bonds is 3. The van der Waals surface area contributed by atoms with Crippen LogP contribution < -0.4 is 5.56 Å². The van der Waals surface area contributed by atoms with Crippen molar-refractivity contribution in [2.75, 3.05) is 13.1 Å². The van der Waals surface area contributed by atoms with E-state index < -0.39 is 5.60 Å². The van der Waals surface area contributed by atoms with Crippen molar-refractivity contribution in [3.8, 4) is 0 Å². The molecule has 0 radical (unpaired) electrons. The molecule has 1 aliphatic heterocycles. The Morgan fingerprint density at radius 2 is 2.35 bits per heavy atom. The van der Waals surface area contributed by atoms with Gasteiger partial charge in [0.05, 0.1) is 11.3 Å². The quantitative estimate of drug-likeness (QED) is 0.874. The van der Waals surface area contributed by atoms with Gasteiger partial charge in [0.2, 0.25) is 0 Å². The Morgan fingerprint density at radius 1 is 1.48 bits per heavy atom. The number of nitrogens with zero attached hydrogens (tertiary/aromatic N) is 4. The fourth-order valence-electron chi connectivity index (χ4n) is 4.46. The molecule has 124 valence electrons. The summed E-state index contributed by atoms with van der Waals surface area (Å²) in [7, 11) is 0. The molecule has 4 rings (SSSR count). The van der Waals surface area contributed by atoms with Gasteiger partial charge in [0, 0.05) is 31.6 Å². The molecule has 0 amide bonds. The minimum absolute atomic E-state index is 0.135. The second-order valence-electron chi connectivity index (χ2n) is 7.02. The number of likely N-dealkylation sites (tertiary alicyclic amines) is 1. The van der Waals surface area contributed by atoms with Crippen molar-refractivity contribution in [2.45, 2.75) is 44.8 Å². The van der Waals surface area contributed by atoms with E-state index in [4.69, 9.17) is 0 Å². The molecule has 1 saturated carbocycles. The van der Waals surface area contributed by atoms with E-state index in [1.807, 2.05) is 0 Å². The van der Waals surface area contributed by atoms with Crippen LogP contribution in [-0.2, 0) is 6.54 Å². The molecule has 2 aliphatic rings. The molecule has 2 aromatic rings. The summed E-state index contributed by atoms with van der Waals surface area (Å²) in [5, 5.41) is 13.6. The zero-order valence-electron chi connectivity index (χ0n) is 13.4. The molecular formula is C16H23N5O2. The first-order valence-corrected chi connectivity index (χ1v) is 8.46. The molecule has 2 aromatic heterocycles. The summed E-state index contributed by atoms with van der Waals surface area (Å²) in [6.45, 7) is 4.59. The average molecular weight is 317 g/mol. The van der Waals surface area contributed by atoms with Gasteiger partial charge in [-0.15, -0.1) is 0 Å². The standard InChI is InChI=1S/C16H23N5O2/c1-2-16(23)5-3-4-11-7-20(9-13(11)16)8-12-6-14(22)21-15(19-12)17-10-18-21/h6,10-11,13,23H,2-5,7-9H2,1H3,(H,17,18,19)/t11-,13+,16-/m0/s1. The Morgan fingerprint density at radius 3 is 3.17 bits per heavy atom. The number of hydrogen-bond donors (Lipinski definition) is 2. The lowest BCUT2D eigenvalue weighted by atomic mass is 9.69. The molecule has 2 fully saturated rings. The van der Waals surface area contributed by atoms with E-state index in [1.54, 1.807) is 6.07 Å². The Kier molecular flexibility index (Phi) is 3.50. The van der Waals surface area contributed by atoms with Gasteiger partial charge in [0.25, 0.3) is 11.3 Å². The third-order valence-electron chi connectivity index (χ3n) is 5.71. The van der Waals surface area contributed by atoms with Gasteiger partial charge in [-0.05, 0) is 25.2 Å². The van der Waals surface area contributed by atoms with Crippen LogP contribution >= 0.6 is 0 Å². The summed E-state index contributed by atoms with van der Waals surface area (Å²) in [5.41, 5.74) is 0.0986. The molecule has 1 saturated heterocycles. The zero-order chi connectivity index (χ0) is 16.0. The number of hydrogen-bond acceptors (Lipinski definition) is 5. The van der Waals surface area contributed by atoms with E-state index in [2.05, 4.69) is 26.9 Å². The van der Waals surface area contributed by atoms with Crippen molar-refractivity contribution in [3.63, 3.8) is 0 Å². The van der Waals surface area contributed by atoms with Gasteiger partial charge in [0.15, 0.2) is 0 Å². The molecular weight excluding hydrogens is 294 g/mol. The van der Waals surface area contributed by atoms with Crippen molar-refractivity contribution < 1.29 is 5.11 Å². The number of aromatic nitrogens is 4. The third-order valence-corrected chi connectivity index (χ3v) is 5.71. The molecule has 23 heavy (non-hydrogen) atoms. The van der Waals surface area contributed by atoms with Gasteiger partial charge < -0.3 is 5.11 Å². The minimum Gasteiger partial charge on any atom is -0.390 e. The van der Waals surface area contributed by atoms with Crippen molar-refractivity contribution in [1.82, 2.24) is 24.5 Å². The maximum absolute atomic E-state index is 12.0. The summed E-state index contributed by atoms with van der Waals surface area (Å²) in [5.74, 6) is 1.31. The van der Waals surface area contributed by atoms with Gasteiger partial charge in [-0.3, -0.25) is 14.8 Å². The predicted octanol–water partition coefficient (Wildman–Crippen LogP) is 0.791. The molecule has 0 bridgehead atoms. The van der Waals surface area contributed by atoms with E-state index in [0.29, 0.717) is 24.2 Å². The fourth-order valence-corrected chi connectivity index (χ4v) is 4.46. The van der Waals surface area contributed by atoms with Crippen LogP contribution in [0.4, 0.5) is 0 Å². The second kappa shape index (κ2) is 5.42. The number of nitrogens with one attached hydrogen (secondary N) is 1. The number of aromatic amines is 1. The van der Waals surface area contributed by atoms with Gasteiger partial charge >= 0.3 is 0 Å². The minimum atomic E-state index is -0.517. The van der Waals surface area contributed by atoms with Crippen molar-refractivity contribution in [2.24, 2.45) is 11.8 Å². The lowest BCUT2D eigenvalue weighted by molar-refractivity contribution is -0.0613. The molecule has 7 nitrogen and oxygen atoms in total. The molecule has 3 heterocycles. The van der Waals surface area contributed by atoms with Crippen LogP contribution in [0.1, 0.15) is 38.3 Å². The third kappa shape index (κ3) is 2.48. The van der Waals surface area contributed by atoms with Crippen LogP contribution in [-0.4, -0.2) is 48.3 Å². The molecule has 0 unspecified atom stereocenters. The first-order valence-electron chi connectivity index (χ1n) is 8.46. The Hall–Kier alpha value is -1.73. The topological polar surface area (TPSA) is 86.5 Å². The fraction of sp³-hybridized carbons (Fsp3) is 0.688. The first kappa shape index (κ1) is 14.8. The molecule has 2 N–H and O–H groups in total. The van der Waals surface area contributed by atoms with Crippen LogP contribution in [0.3, 0.4) is 0 Å². The monoisotopic (exact) mass is 317 g/mol. The predicted molar refractivity (Wildman–Crippen MR) is 85.0 cm³/mol. The van der Waals surface area contributed by atoms with E-state index in [1.165, 1.54) is 17.3 Å². The van der Waals surface area contributed by atoms with E-state index in [0.717, 1.165) is 38.0 Å². The zero-order valence-corrected chi connectivity index (χ0v) is 13.4. The SMILES string of the molecule is CC[C@]1(O)CCC[C@H]2CN(Cc3cc(=O)n4[nH]cnc4n3)C[C@H]21. The van der Waals surface area contributed by atoms with Crippen LogP contribution in [0.15, 0.2) is 17.2 Å². The second-order valence-corrected chi connectivity index (χ2v) is 7.02. The van der Waals surface area contributed by atoms with E-state index in [9.17, 15) is 9.90 Å². The summed E-state index contributed by atoms with van der Waals surface area (Å²) in [6.07, 6.45) is 5.51. The van der Waals surface area contributed by atoms with Crippen molar-refractivity contribution in [3.05, 3.63) is 28.4 Å². The summed E-state index contributed by atoms with van der Waals surface area (Å²) in [6, 6.07) is 1.57. The molecule has 0 spiro atoms. The van der Waals surface area contributed by atoms with Crippen LogP contribution in [0.25, 0.3) is 5.78 Å². The lowest BCUT2D eigenvalue weighted by Crippen LogP contribution is -2.44. The van der Waals surface area contributed by atoms with Crippen molar-refractivity contribution in [1.29, 1.82) is 0 Å². The highest BCUT2D eigenvalue weighted by Crippen LogP contribution is 2.44. The van der Waals surface area contributed by atoms with E-state index in [-0.39, 0.29) is 5.56 Å². The molecule has 0 aromatic carbocycles. The Bertz CT molecular complexity index is 769. The van der Waals surface area contributed by atoms with Gasteiger partial charge in [-0.25, -0.2) is 9.97 Å². The van der Waals surface area contributed by atoms with Gasteiger partial charge in [0.1, 0.15) is 6.33 Å². The number of fused-ring (bicyclic) bond motifs is 2. The van der Waals surface area contributed by atoms with Crippen LogP contribution in [0.2, 0.25) is 0 Å². The first-order chi connectivity index (χ1) is 11.1. The normalized spacial score (nSPS) is 31.6. The van der Waals surface area contributed by atoms with Gasteiger partial charge in [-0.2, -0.15) is 4.52 Å². The number of aliphatic hydroxyl groups is 1. The molecule has 1 aliphatic carbocycles. The summed E-state index contributed by atoms with van der Waals surface area (Å²) < 4.78 is 1.34. The average Bonchev–Trinajstić information content (AvgIpc) is 3.15. The van der Waals surface area contributed by atoms with Gasteiger partial charge in [-0.1, -0.05) is 13.3 Å². The van der Waals surface area contributed by atoms with Crippen LogP contribution in [0.5, 0.6) is 0 Å². The molecule has 3 atom stereocenters. The Balaban J connectivity index is 1.54. The summed E-state index contributed by atoms with van der Waals surface area (Å²) >= 11 is 0. The van der Waals surface area contributed by atoms with Crippen LogP contribution in [0, 0.1) is 11.8 Å².